The van der Waals surface area contributed by atoms with Crippen LogP contribution >= 0.6 is 0 Å². The van der Waals surface area contributed by atoms with Gasteiger partial charge in [0.15, 0.2) is 0 Å². The van der Waals surface area contributed by atoms with Crippen LogP contribution in [0.4, 0.5) is 0 Å². The Morgan fingerprint density at radius 1 is 1.22 bits per heavy atom. The van der Waals surface area contributed by atoms with Crippen LogP contribution in [0.1, 0.15) is 58.3 Å². The van der Waals surface area contributed by atoms with E-state index in [9.17, 15) is 9.90 Å². The van der Waals surface area contributed by atoms with Crippen molar-refractivity contribution in [3.05, 3.63) is 0 Å². The summed E-state index contributed by atoms with van der Waals surface area (Å²) >= 11 is 0. The molecule has 3 saturated carbocycles. The third kappa shape index (κ3) is 2.62. The molecule has 3 aliphatic carbocycles. The van der Waals surface area contributed by atoms with Crippen LogP contribution in [-0.2, 0) is 9.53 Å². The van der Waals surface area contributed by atoms with Gasteiger partial charge in [0.05, 0.1) is 12.2 Å². The maximum atomic E-state index is 12.7. The second-order valence-electron chi connectivity index (χ2n) is 8.45. The molecule has 0 unspecified atom stereocenters. The predicted octanol–water partition coefficient (Wildman–Crippen LogP) is 2.59. The number of hydrogen-bond acceptors (Lipinski definition) is 3. The highest BCUT2D eigenvalue weighted by Gasteiger charge is 2.56. The zero-order valence-corrected chi connectivity index (χ0v) is 14.4. The van der Waals surface area contributed by atoms with Crippen LogP contribution in [0.5, 0.6) is 0 Å². The molecule has 1 aliphatic heterocycles. The van der Waals surface area contributed by atoms with Crippen molar-refractivity contribution in [3.63, 3.8) is 0 Å². The molecule has 0 radical (unpaired) electrons. The summed E-state index contributed by atoms with van der Waals surface area (Å²) in [6.45, 7) is 4.35. The number of fused-ring (bicyclic) bond motifs is 2. The molecule has 4 fully saturated rings. The number of likely N-dealkylation sites (tertiary alicyclic amines) is 1. The highest BCUT2D eigenvalue weighted by Crippen LogP contribution is 2.52. The number of ether oxygens (including phenoxy) is 1. The molecule has 4 heteroatoms. The second-order valence-corrected chi connectivity index (χ2v) is 8.45. The maximum absolute atomic E-state index is 12.7. The number of piperidine rings is 1. The van der Waals surface area contributed by atoms with Crippen molar-refractivity contribution in [2.45, 2.75) is 70.5 Å². The molecule has 4 rings (SSSR count). The molecule has 1 amide bonds. The van der Waals surface area contributed by atoms with E-state index in [1.165, 1.54) is 25.7 Å². The van der Waals surface area contributed by atoms with Gasteiger partial charge in [-0.2, -0.15) is 0 Å². The molecule has 1 spiro atoms. The van der Waals surface area contributed by atoms with Gasteiger partial charge in [-0.25, -0.2) is 0 Å². The van der Waals surface area contributed by atoms with Gasteiger partial charge in [0.25, 0.3) is 0 Å². The van der Waals surface area contributed by atoms with E-state index in [0.717, 1.165) is 50.6 Å². The quantitative estimate of drug-likeness (QED) is 0.866. The molecule has 23 heavy (non-hydrogen) atoms. The van der Waals surface area contributed by atoms with E-state index >= 15 is 0 Å². The lowest BCUT2D eigenvalue weighted by molar-refractivity contribution is -0.210. The van der Waals surface area contributed by atoms with E-state index in [0.29, 0.717) is 18.4 Å². The monoisotopic (exact) mass is 321 g/mol. The topological polar surface area (TPSA) is 49.8 Å². The first-order valence-corrected chi connectivity index (χ1v) is 9.70. The van der Waals surface area contributed by atoms with Crippen molar-refractivity contribution in [2.24, 2.45) is 23.2 Å². The molecule has 1 N–H and O–H groups in total. The number of carbonyl (C=O) groups excluding carboxylic acids is 1. The van der Waals surface area contributed by atoms with Crippen LogP contribution in [0, 0.1) is 23.2 Å². The molecular formula is C19H31NO3. The zero-order valence-electron chi connectivity index (χ0n) is 14.4. The summed E-state index contributed by atoms with van der Waals surface area (Å²) in [5.41, 5.74) is -0.0702. The smallest absolute Gasteiger partial charge is 0.222 e. The summed E-state index contributed by atoms with van der Waals surface area (Å²) < 4.78 is 5.81. The molecule has 1 heterocycles. The summed E-state index contributed by atoms with van der Waals surface area (Å²) in [6, 6.07) is 0. The van der Waals surface area contributed by atoms with Gasteiger partial charge in [0.1, 0.15) is 0 Å². The Morgan fingerprint density at radius 3 is 2.57 bits per heavy atom. The van der Waals surface area contributed by atoms with E-state index in [1.807, 2.05) is 6.92 Å². The number of aliphatic hydroxyl groups excluding tert-OH is 1. The molecule has 0 aromatic heterocycles. The largest absolute Gasteiger partial charge is 0.392 e. The van der Waals surface area contributed by atoms with E-state index in [2.05, 4.69) is 4.90 Å². The number of amides is 1. The maximum Gasteiger partial charge on any atom is 0.222 e. The fourth-order valence-corrected chi connectivity index (χ4v) is 5.97. The van der Waals surface area contributed by atoms with Crippen LogP contribution in [-0.4, -0.2) is 47.8 Å². The third-order valence-electron chi connectivity index (χ3n) is 7.48. The van der Waals surface area contributed by atoms with Gasteiger partial charge in [-0.3, -0.25) is 4.79 Å². The first-order chi connectivity index (χ1) is 11.1. The summed E-state index contributed by atoms with van der Waals surface area (Å²) in [4.78, 5) is 14.7. The van der Waals surface area contributed by atoms with Crippen molar-refractivity contribution in [2.75, 3.05) is 19.7 Å². The van der Waals surface area contributed by atoms with Crippen LogP contribution in [0.2, 0.25) is 0 Å². The zero-order chi connectivity index (χ0) is 16.0. The van der Waals surface area contributed by atoms with E-state index in [1.54, 1.807) is 0 Å². The summed E-state index contributed by atoms with van der Waals surface area (Å²) in [5, 5.41) is 10.3. The SMILES string of the molecule is CCO[C@@H]1C[C@H](O)C12CCN(C(=O)C[C@H]1C[C@H]3CC[C@H]1C3)CC2. The minimum atomic E-state index is -0.234. The molecule has 5 atom stereocenters. The summed E-state index contributed by atoms with van der Waals surface area (Å²) in [7, 11) is 0. The van der Waals surface area contributed by atoms with Crippen molar-refractivity contribution >= 4 is 5.91 Å². The molecule has 4 aliphatic rings. The first kappa shape index (κ1) is 15.9. The lowest BCUT2D eigenvalue weighted by atomic mass is 9.58. The van der Waals surface area contributed by atoms with Gasteiger partial charge >= 0.3 is 0 Å². The number of rotatable bonds is 4. The van der Waals surface area contributed by atoms with Crippen LogP contribution in [0.15, 0.2) is 0 Å². The number of aliphatic hydroxyl groups is 1. The average Bonchev–Trinajstić information content (AvgIpc) is 3.17. The van der Waals surface area contributed by atoms with Crippen molar-refractivity contribution in [3.8, 4) is 0 Å². The molecule has 0 aromatic carbocycles. The average molecular weight is 321 g/mol. The van der Waals surface area contributed by atoms with Gasteiger partial charge in [0.2, 0.25) is 5.91 Å². The normalized spacial score (nSPS) is 41.3. The molecule has 1 saturated heterocycles. The summed E-state index contributed by atoms with van der Waals surface area (Å²) in [5.74, 6) is 2.76. The van der Waals surface area contributed by atoms with E-state index in [-0.39, 0.29) is 17.6 Å². The van der Waals surface area contributed by atoms with Gasteiger partial charge in [0, 0.05) is 38.0 Å². The van der Waals surface area contributed by atoms with E-state index in [4.69, 9.17) is 4.74 Å². The third-order valence-corrected chi connectivity index (χ3v) is 7.48. The Hall–Kier alpha value is -0.610. The lowest BCUT2D eigenvalue weighted by Crippen LogP contribution is -2.62. The Labute approximate surface area is 139 Å². The summed E-state index contributed by atoms with van der Waals surface area (Å²) in [6.07, 6.45) is 8.74. The van der Waals surface area contributed by atoms with Gasteiger partial charge in [-0.1, -0.05) is 6.42 Å². The number of nitrogens with zero attached hydrogens (tertiary/aromatic N) is 1. The number of hydrogen-bond donors (Lipinski definition) is 1. The molecular weight excluding hydrogens is 290 g/mol. The van der Waals surface area contributed by atoms with Gasteiger partial charge in [-0.05, 0) is 56.8 Å². The van der Waals surface area contributed by atoms with Crippen LogP contribution in [0.25, 0.3) is 0 Å². The lowest BCUT2D eigenvalue weighted by Gasteiger charge is -2.56. The second kappa shape index (κ2) is 6.03. The highest BCUT2D eigenvalue weighted by molar-refractivity contribution is 5.76. The highest BCUT2D eigenvalue weighted by atomic mass is 16.5. The standard InChI is InChI=1S/C19H31NO3/c1-2-23-17-12-16(21)19(17)5-7-20(8-6-19)18(22)11-15-10-13-3-4-14(15)9-13/h13-17,21H,2-12H2,1H3/t13-,14-,15+,16-,17+/m0/s1. The van der Waals surface area contributed by atoms with Crippen LogP contribution < -0.4 is 0 Å². The molecule has 0 aromatic rings. The Balaban J connectivity index is 1.30. The first-order valence-electron chi connectivity index (χ1n) is 9.70. The fourth-order valence-electron chi connectivity index (χ4n) is 5.97. The molecule has 4 nitrogen and oxygen atoms in total. The predicted molar refractivity (Wildman–Crippen MR) is 87.8 cm³/mol. The van der Waals surface area contributed by atoms with Gasteiger partial charge in [-0.15, -0.1) is 0 Å². The fraction of sp³-hybridized carbons (Fsp3) is 0.947. The minimum Gasteiger partial charge on any atom is -0.392 e. The minimum absolute atomic E-state index is 0.0702. The Bertz CT molecular complexity index is 456. The Kier molecular flexibility index (Phi) is 4.17. The molecule has 130 valence electrons. The molecule has 2 bridgehead atoms. The van der Waals surface area contributed by atoms with Crippen molar-refractivity contribution in [1.29, 1.82) is 0 Å². The Morgan fingerprint density at radius 2 is 2.00 bits per heavy atom. The van der Waals surface area contributed by atoms with Crippen molar-refractivity contribution in [1.82, 2.24) is 4.90 Å². The number of carbonyl (C=O) groups is 1. The van der Waals surface area contributed by atoms with E-state index < -0.39 is 0 Å². The van der Waals surface area contributed by atoms with Crippen LogP contribution in [0.3, 0.4) is 0 Å². The van der Waals surface area contributed by atoms with Crippen molar-refractivity contribution < 1.29 is 14.6 Å². The van der Waals surface area contributed by atoms with Gasteiger partial charge < -0.3 is 14.7 Å².